The highest BCUT2D eigenvalue weighted by Gasteiger charge is 2.16. The minimum Gasteiger partial charge on any atom is -0.438 e. The summed E-state index contributed by atoms with van der Waals surface area (Å²) in [5, 5.41) is 0. The normalized spacial score (nSPS) is 10.7. The zero-order valence-electron chi connectivity index (χ0n) is 11.0. The van der Waals surface area contributed by atoms with E-state index in [1.807, 2.05) is 13.8 Å². The first-order chi connectivity index (χ1) is 9.52. The molecule has 5 nitrogen and oxygen atoms in total. The average molecular weight is 341 g/mol. The summed E-state index contributed by atoms with van der Waals surface area (Å²) in [5.74, 6) is 6.57. The molecule has 0 spiro atoms. The minimum atomic E-state index is -0.353. The number of aromatic nitrogens is 2. The van der Waals surface area contributed by atoms with E-state index in [1.54, 1.807) is 0 Å². The van der Waals surface area contributed by atoms with Crippen LogP contribution in [0.2, 0.25) is 0 Å². The molecule has 2 rings (SSSR count). The maximum atomic E-state index is 13.2. The van der Waals surface area contributed by atoms with Crippen LogP contribution >= 0.6 is 15.9 Å². The Morgan fingerprint density at radius 3 is 2.70 bits per heavy atom. The van der Waals surface area contributed by atoms with Gasteiger partial charge in [0.05, 0.1) is 10.0 Å². The standard InChI is InChI=1S/C13H14BrFN4O/c1-7(2)11-12(19-16)17-6-18-13(11)20-8-3-4-10(15)9(14)5-8/h3-7H,16H2,1-2H3,(H,17,18,19). The van der Waals surface area contributed by atoms with Crippen LogP contribution in [0.1, 0.15) is 25.3 Å². The summed E-state index contributed by atoms with van der Waals surface area (Å²) in [4.78, 5) is 8.17. The number of nitrogens with two attached hydrogens (primary N) is 1. The number of hydrazine groups is 1. The summed E-state index contributed by atoms with van der Waals surface area (Å²) in [6, 6.07) is 4.39. The van der Waals surface area contributed by atoms with Crippen molar-refractivity contribution in [2.75, 3.05) is 5.43 Å². The van der Waals surface area contributed by atoms with Crippen LogP contribution in [0.25, 0.3) is 0 Å². The van der Waals surface area contributed by atoms with Crippen LogP contribution in [-0.2, 0) is 0 Å². The number of rotatable bonds is 4. The molecule has 1 heterocycles. The maximum absolute atomic E-state index is 13.2. The second kappa shape index (κ2) is 6.15. The first-order valence-electron chi connectivity index (χ1n) is 5.97. The number of hydrogen-bond acceptors (Lipinski definition) is 5. The zero-order chi connectivity index (χ0) is 14.7. The van der Waals surface area contributed by atoms with Gasteiger partial charge in [-0.2, -0.15) is 0 Å². The third kappa shape index (κ3) is 3.05. The van der Waals surface area contributed by atoms with E-state index >= 15 is 0 Å². The number of anilines is 1. The Kier molecular flexibility index (Phi) is 4.51. The molecular weight excluding hydrogens is 327 g/mol. The monoisotopic (exact) mass is 340 g/mol. The van der Waals surface area contributed by atoms with E-state index in [0.717, 1.165) is 5.56 Å². The summed E-state index contributed by atoms with van der Waals surface area (Å²) in [5.41, 5.74) is 3.28. The quantitative estimate of drug-likeness (QED) is 0.657. The second-order valence-corrected chi connectivity index (χ2v) is 5.27. The Hall–Kier alpha value is -1.73. The molecule has 0 amide bonds. The van der Waals surface area contributed by atoms with Crippen LogP contribution < -0.4 is 16.0 Å². The molecule has 20 heavy (non-hydrogen) atoms. The van der Waals surface area contributed by atoms with Gasteiger partial charge < -0.3 is 10.2 Å². The first-order valence-corrected chi connectivity index (χ1v) is 6.76. The number of hydrogen-bond donors (Lipinski definition) is 2. The van der Waals surface area contributed by atoms with Gasteiger partial charge in [0.25, 0.3) is 0 Å². The maximum Gasteiger partial charge on any atom is 0.227 e. The summed E-state index contributed by atoms with van der Waals surface area (Å²) in [7, 11) is 0. The Labute approximate surface area is 124 Å². The van der Waals surface area contributed by atoms with Gasteiger partial charge in [-0.3, -0.25) is 0 Å². The lowest BCUT2D eigenvalue weighted by Gasteiger charge is -2.15. The molecule has 7 heteroatoms. The molecule has 0 radical (unpaired) electrons. The Bertz CT molecular complexity index is 621. The van der Waals surface area contributed by atoms with Crippen LogP contribution in [0.15, 0.2) is 29.0 Å². The molecule has 0 unspecified atom stereocenters. The van der Waals surface area contributed by atoms with Crippen molar-refractivity contribution in [1.29, 1.82) is 0 Å². The molecule has 0 aliphatic heterocycles. The van der Waals surface area contributed by atoms with Gasteiger partial charge in [0.1, 0.15) is 17.9 Å². The van der Waals surface area contributed by atoms with Crippen molar-refractivity contribution < 1.29 is 9.13 Å². The highest BCUT2D eigenvalue weighted by atomic mass is 79.9. The SMILES string of the molecule is CC(C)c1c(NN)ncnc1Oc1ccc(F)c(Br)c1. The molecule has 0 saturated carbocycles. The molecular formula is C13H14BrFN4O. The predicted molar refractivity (Wildman–Crippen MR) is 78.1 cm³/mol. The van der Waals surface area contributed by atoms with Crippen LogP contribution in [-0.4, -0.2) is 9.97 Å². The van der Waals surface area contributed by atoms with E-state index < -0.39 is 0 Å². The van der Waals surface area contributed by atoms with E-state index in [-0.39, 0.29) is 11.7 Å². The third-order valence-electron chi connectivity index (χ3n) is 2.67. The number of halogens is 2. The van der Waals surface area contributed by atoms with Gasteiger partial charge >= 0.3 is 0 Å². The van der Waals surface area contributed by atoms with Crippen LogP contribution in [0.5, 0.6) is 11.6 Å². The fourth-order valence-electron chi connectivity index (χ4n) is 1.75. The molecule has 0 aliphatic carbocycles. The Morgan fingerprint density at radius 2 is 2.10 bits per heavy atom. The number of nitrogen functional groups attached to an aromatic ring is 1. The van der Waals surface area contributed by atoms with Gasteiger partial charge in [-0.1, -0.05) is 13.8 Å². The molecule has 0 atom stereocenters. The lowest BCUT2D eigenvalue weighted by Crippen LogP contribution is -2.13. The second-order valence-electron chi connectivity index (χ2n) is 4.42. The highest BCUT2D eigenvalue weighted by molar-refractivity contribution is 9.10. The molecule has 1 aromatic carbocycles. The van der Waals surface area contributed by atoms with Crippen molar-refractivity contribution >= 4 is 21.7 Å². The molecule has 0 fully saturated rings. The van der Waals surface area contributed by atoms with E-state index in [0.29, 0.717) is 21.9 Å². The average Bonchev–Trinajstić information content (AvgIpc) is 2.42. The number of nitrogens with zero attached hydrogens (tertiary/aromatic N) is 2. The van der Waals surface area contributed by atoms with Crippen molar-refractivity contribution in [3.05, 3.63) is 40.4 Å². The highest BCUT2D eigenvalue weighted by Crippen LogP contribution is 2.33. The summed E-state index contributed by atoms with van der Waals surface area (Å²) < 4.78 is 19.2. The largest absolute Gasteiger partial charge is 0.438 e. The van der Waals surface area contributed by atoms with Gasteiger partial charge in [-0.15, -0.1) is 0 Å². The summed E-state index contributed by atoms with van der Waals surface area (Å²) >= 11 is 3.11. The van der Waals surface area contributed by atoms with Crippen LogP contribution in [0.4, 0.5) is 10.2 Å². The molecule has 1 aromatic heterocycles. The Morgan fingerprint density at radius 1 is 1.35 bits per heavy atom. The molecule has 0 aliphatic rings. The van der Waals surface area contributed by atoms with Crippen LogP contribution in [0, 0.1) is 5.82 Å². The van der Waals surface area contributed by atoms with Crippen molar-refractivity contribution in [2.45, 2.75) is 19.8 Å². The van der Waals surface area contributed by atoms with Gasteiger partial charge in [0, 0.05) is 0 Å². The van der Waals surface area contributed by atoms with E-state index in [9.17, 15) is 4.39 Å². The van der Waals surface area contributed by atoms with Crippen molar-refractivity contribution in [2.24, 2.45) is 5.84 Å². The molecule has 106 valence electrons. The molecule has 2 aromatic rings. The lowest BCUT2D eigenvalue weighted by atomic mass is 10.1. The van der Waals surface area contributed by atoms with E-state index in [2.05, 4.69) is 31.3 Å². The van der Waals surface area contributed by atoms with Crippen molar-refractivity contribution in [1.82, 2.24) is 9.97 Å². The van der Waals surface area contributed by atoms with E-state index in [1.165, 1.54) is 24.5 Å². The minimum absolute atomic E-state index is 0.112. The predicted octanol–water partition coefficient (Wildman–Crippen LogP) is 3.58. The fourth-order valence-corrected chi connectivity index (χ4v) is 2.11. The molecule has 0 saturated heterocycles. The summed E-state index contributed by atoms with van der Waals surface area (Å²) in [6.07, 6.45) is 1.36. The van der Waals surface area contributed by atoms with Crippen LogP contribution in [0.3, 0.4) is 0 Å². The lowest BCUT2D eigenvalue weighted by molar-refractivity contribution is 0.449. The molecule has 3 N–H and O–H groups in total. The summed E-state index contributed by atoms with van der Waals surface area (Å²) in [6.45, 7) is 3.96. The van der Waals surface area contributed by atoms with Gasteiger partial charge in [0.2, 0.25) is 5.88 Å². The first kappa shape index (κ1) is 14.7. The number of benzene rings is 1. The number of ether oxygens (including phenoxy) is 1. The van der Waals surface area contributed by atoms with Gasteiger partial charge in [-0.05, 0) is 40.0 Å². The van der Waals surface area contributed by atoms with Crippen molar-refractivity contribution in [3.8, 4) is 11.6 Å². The zero-order valence-corrected chi connectivity index (χ0v) is 12.6. The van der Waals surface area contributed by atoms with E-state index in [4.69, 9.17) is 10.6 Å². The fraction of sp³-hybridized carbons (Fsp3) is 0.231. The smallest absolute Gasteiger partial charge is 0.227 e. The van der Waals surface area contributed by atoms with Gasteiger partial charge in [-0.25, -0.2) is 20.2 Å². The topological polar surface area (TPSA) is 73.1 Å². The number of nitrogens with one attached hydrogen (secondary N) is 1. The Balaban J connectivity index is 2.40. The van der Waals surface area contributed by atoms with Crippen molar-refractivity contribution in [3.63, 3.8) is 0 Å². The molecule has 0 bridgehead atoms. The third-order valence-corrected chi connectivity index (χ3v) is 3.27. The van der Waals surface area contributed by atoms with Gasteiger partial charge in [0.15, 0.2) is 5.82 Å².